The van der Waals surface area contributed by atoms with Gasteiger partial charge < -0.3 is 5.73 Å². The maximum atomic E-state index is 5.77. The Labute approximate surface area is 90.3 Å². The summed E-state index contributed by atoms with van der Waals surface area (Å²) in [5, 5.41) is 2.37. The van der Waals surface area contributed by atoms with Gasteiger partial charge in [0.2, 0.25) is 0 Å². The monoisotopic (exact) mass is 284 g/mol. The lowest BCUT2D eigenvalue weighted by Crippen LogP contribution is -1.97. The van der Waals surface area contributed by atoms with Crippen molar-refractivity contribution < 1.29 is 0 Å². The number of nitrogen functional groups attached to an aromatic ring is 1. The molecule has 0 fully saturated rings. The number of hydrogen-bond acceptors (Lipinski definition) is 2. The van der Waals surface area contributed by atoms with Gasteiger partial charge in [-0.1, -0.05) is 24.3 Å². The molecule has 0 saturated carbocycles. The maximum Gasteiger partial charge on any atom is 0.128 e. The van der Waals surface area contributed by atoms with Crippen molar-refractivity contribution in [3.63, 3.8) is 0 Å². The third kappa shape index (κ3) is 1.37. The fourth-order valence-corrected chi connectivity index (χ4v) is 2.11. The number of aryl methyl sites for hydroxylation is 1. The van der Waals surface area contributed by atoms with Gasteiger partial charge in [-0.05, 0) is 40.5 Å². The third-order valence-electron chi connectivity index (χ3n) is 2.16. The van der Waals surface area contributed by atoms with Gasteiger partial charge in [0.1, 0.15) is 9.52 Å². The number of pyridine rings is 1. The number of rotatable bonds is 0. The Balaban J connectivity index is 2.97. The second-order valence-corrected chi connectivity index (χ2v) is 3.98. The lowest BCUT2D eigenvalue weighted by Gasteiger charge is -2.05. The molecule has 1 aromatic heterocycles. The normalized spacial score (nSPS) is 10.6. The van der Waals surface area contributed by atoms with Crippen LogP contribution in [0.1, 0.15) is 5.56 Å². The van der Waals surface area contributed by atoms with E-state index in [2.05, 4.69) is 39.7 Å². The largest absolute Gasteiger partial charge is 0.383 e. The average Bonchev–Trinajstić information content (AvgIpc) is 2.15. The van der Waals surface area contributed by atoms with Crippen molar-refractivity contribution in [3.05, 3.63) is 33.5 Å². The van der Waals surface area contributed by atoms with Crippen molar-refractivity contribution in [2.24, 2.45) is 0 Å². The molecule has 66 valence electrons. The molecule has 0 atom stereocenters. The summed E-state index contributed by atoms with van der Waals surface area (Å²) in [6, 6.07) is 8.17. The predicted octanol–water partition coefficient (Wildman–Crippen LogP) is 2.73. The minimum absolute atomic E-state index is 0.628. The van der Waals surface area contributed by atoms with Crippen LogP contribution in [0.3, 0.4) is 0 Å². The molecule has 3 heteroatoms. The molecule has 0 unspecified atom stereocenters. The van der Waals surface area contributed by atoms with Gasteiger partial charge in [-0.2, -0.15) is 0 Å². The number of anilines is 1. The van der Waals surface area contributed by atoms with Crippen molar-refractivity contribution in [3.8, 4) is 0 Å². The standard InChI is InChI=1S/C10H9IN2/c1-6-7-4-2-3-5-8(7)9(11)13-10(6)12/h2-5H,1H3,(H2,12,13). The highest BCUT2D eigenvalue weighted by atomic mass is 127. The molecule has 2 nitrogen and oxygen atoms in total. The lowest BCUT2D eigenvalue weighted by molar-refractivity contribution is 1.28. The summed E-state index contributed by atoms with van der Waals surface area (Å²) >= 11 is 2.21. The van der Waals surface area contributed by atoms with Gasteiger partial charge in [-0.25, -0.2) is 4.98 Å². The molecule has 0 saturated heterocycles. The number of fused-ring (bicyclic) bond motifs is 1. The van der Waals surface area contributed by atoms with Crippen LogP contribution in [0.15, 0.2) is 24.3 Å². The van der Waals surface area contributed by atoms with Gasteiger partial charge in [0, 0.05) is 5.39 Å². The van der Waals surface area contributed by atoms with E-state index < -0.39 is 0 Å². The molecule has 1 aromatic carbocycles. The first-order valence-electron chi connectivity index (χ1n) is 4.00. The van der Waals surface area contributed by atoms with Crippen LogP contribution in [0.5, 0.6) is 0 Å². The number of nitrogens with two attached hydrogens (primary N) is 1. The molecule has 0 spiro atoms. The smallest absolute Gasteiger partial charge is 0.128 e. The van der Waals surface area contributed by atoms with E-state index >= 15 is 0 Å². The summed E-state index contributed by atoms with van der Waals surface area (Å²) in [6.07, 6.45) is 0. The van der Waals surface area contributed by atoms with Crippen LogP contribution < -0.4 is 5.73 Å². The molecule has 1 heterocycles. The summed E-state index contributed by atoms with van der Waals surface area (Å²) in [7, 11) is 0. The van der Waals surface area contributed by atoms with Gasteiger partial charge in [0.25, 0.3) is 0 Å². The Kier molecular flexibility index (Phi) is 2.11. The Hall–Kier alpha value is -0.840. The number of nitrogens with zero attached hydrogens (tertiary/aromatic N) is 1. The average molecular weight is 284 g/mol. The van der Waals surface area contributed by atoms with E-state index in [0.717, 1.165) is 9.26 Å². The maximum absolute atomic E-state index is 5.77. The molecule has 0 aliphatic heterocycles. The third-order valence-corrected chi connectivity index (χ3v) is 2.98. The lowest BCUT2D eigenvalue weighted by atomic mass is 10.1. The minimum Gasteiger partial charge on any atom is -0.383 e. The summed E-state index contributed by atoms with van der Waals surface area (Å²) in [6.45, 7) is 2.00. The predicted molar refractivity (Wildman–Crippen MR) is 63.6 cm³/mol. The van der Waals surface area contributed by atoms with Crippen LogP contribution in [0.4, 0.5) is 5.82 Å². The Morgan fingerprint density at radius 2 is 1.85 bits per heavy atom. The van der Waals surface area contributed by atoms with Crippen LogP contribution in [-0.4, -0.2) is 4.98 Å². The van der Waals surface area contributed by atoms with E-state index in [9.17, 15) is 0 Å². The highest BCUT2D eigenvalue weighted by Crippen LogP contribution is 2.25. The zero-order valence-corrected chi connectivity index (χ0v) is 9.37. The Morgan fingerprint density at radius 1 is 1.23 bits per heavy atom. The second-order valence-electron chi connectivity index (χ2n) is 2.96. The van der Waals surface area contributed by atoms with Gasteiger partial charge in [-0.3, -0.25) is 0 Å². The van der Waals surface area contributed by atoms with Crippen LogP contribution >= 0.6 is 22.6 Å². The molecular formula is C10H9IN2. The van der Waals surface area contributed by atoms with E-state index in [-0.39, 0.29) is 0 Å². The quantitative estimate of drug-likeness (QED) is 0.596. The molecule has 0 bridgehead atoms. The molecule has 2 rings (SSSR count). The van der Waals surface area contributed by atoms with Crippen molar-refractivity contribution >= 4 is 39.2 Å². The van der Waals surface area contributed by atoms with Crippen molar-refractivity contribution in [1.82, 2.24) is 4.98 Å². The fraction of sp³-hybridized carbons (Fsp3) is 0.100. The molecule has 0 aliphatic rings. The second kappa shape index (κ2) is 3.14. The van der Waals surface area contributed by atoms with E-state index in [1.807, 2.05) is 19.1 Å². The van der Waals surface area contributed by atoms with Crippen molar-refractivity contribution in [2.45, 2.75) is 6.92 Å². The molecule has 0 radical (unpaired) electrons. The molecule has 0 aliphatic carbocycles. The minimum atomic E-state index is 0.628. The van der Waals surface area contributed by atoms with E-state index in [1.54, 1.807) is 0 Å². The number of hydrogen-bond donors (Lipinski definition) is 1. The summed E-state index contributed by atoms with van der Waals surface area (Å²) < 4.78 is 0.969. The first-order chi connectivity index (χ1) is 6.20. The first kappa shape index (κ1) is 8.74. The van der Waals surface area contributed by atoms with Gasteiger partial charge >= 0.3 is 0 Å². The van der Waals surface area contributed by atoms with E-state index in [1.165, 1.54) is 10.8 Å². The molecule has 2 aromatic rings. The van der Waals surface area contributed by atoms with Crippen molar-refractivity contribution in [1.29, 1.82) is 0 Å². The van der Waals surface area contributed by atoms with Crippen LogP contribution in [0, 0.1) is 10.6 Å². The van der Waals surface area contributed by atoms with Crippen LogP contribution in [0.25, 0.3) is 10.8 Å². The van der Waals surface area contributed by atoms with Crippen LogP contribution in [0.2, 0.25) is 0 Å². The van der Waals surface area contributed by atoms with Gasteiger partial charge in [-0.15, -0.1) is 0 Å². The first-order valence-corrected chi connectivity index (χ1v) is 5.08. The summed E-state index contributed by atoms with van der Waals surface area (Å²) in [5.41, 5.74) is 6.84. The van der Waals surface area contributed by atoms with Crippen molar-refractivity contribution in [2.75, 3.05) is 5.73 Å². The molecule has 13 heavy (non-hydrogen) atoms. The Morgan fingerprint density at radius 3 is 2.54 bits per heavy atom. The Bertz CT molecular complexity index is 466. The zero-order chi connectivity index (χ0) is 9.42. The van der Waals surface area contributed by atoms with E-state index in [4.69, 9.17) is 5.73 Å². The topological polar surface area (TPSA) is 38.9 Å². The number of aromatic nitrogens is 1. The molecule has 2 N–H and O–H groups in total. The molecule has 0 amide bonds. The summed E-state index contributed by atoms with van der Waals surface area (Å²) in [5.74, 6) is 0.628. The highest BCUT2D eigenvalue weighted by Gasteiger charge is 2.05. The highest BCUT2D eigenvalue weighted by molar-refractivity contribution is 14.1. The van der Waals surface area contributed by atoms with E-state index in [0.29, 0.717) is 5.82 Å². The fourth-order valence-electron chi connectivity index (χ4n) is 1.38. The number of halogens is 1. The molecular weight excluding hydrogens is 275 g/mol. The zero-order valence-electron chi connectivity index (χ0n) is 7.21. The SMILES string of the molecule is Cc1c(N)nc(I)c2ccccc12. The van der Waals surface area contributed by atoms with Gasteiger partial charge in [0.05, 0.1) is 0 Å². The number of benzene rings is 1. The summed E-state index contributed by atoms with van der Waals surface area (Å²) in [4.78, 5) is 4.27. The van der Waals surface area contributed by atoms with Crippen LogP contribution in [-0.2, 0) is 0 Å². The van der Waals surface area contributed by atoms with Gasteiger partial charge in [0.15, 0.2) is 0 Å².